The third-order valence-corrected chi connectivity index (χ3v) is 15.4. The van der Waals surface area contributed by atoms with Crippen LogP contribution in [0.5, 0.6) is 0 Å². The Bertz CT molecular complexity index is 4910. The molecule has 504 valence electrons. The van der Waals surface area contributed by atoms with Gasteiger partial charge in [-0.2, -0.15) is 0 Å². The zero-order valence-electron chi connectivity index (χ0n) is 56.3. The first-order valence-corrected chi connectivity index (χ1v) is 31.5. The van der Waals surface area contributed by atoms with Crippen LogP contribution in [-0.2, 0) is 13.1 Å². The minimum atomic E-state index is -0.0596. The lowest BCUT2D eigenvalue weighted by Crippen LogP contribution is -2.35. The highest BCUT2D eigenvalue weighted by Gasteiger charge is 2.22. The molecule has 0 spiro atoms. The molecule has 0 amide bonds. The summed E-state index contributed by atoms with van der Waals surface area (Å²) in [6.45, 7) is 27.1. The molecule has 4 N–H and O–H groups in total. The Kier molecular flexibility index (Phi) is 20.9. The molecule has 12 aromatic rings. The predicted octanol–water partition coefficient (Wildman–Crippen LogP) is 13.8. The minimum Gasteiger partial charge on any atom is -0.415 e. The molecule has 0 bridgehead atoms. The maximum atomic E-state index is 12.1. The van der Waals surface area contributed by atoms with Crippen LogP contribution in [0.2, 0.25) is 0 Å². The number of benzene rings is 3. The molecular weight excluding hydrogens is 1210 g/mol. The number of hydrogen-bond donors (Lipinski definition) is 3. The summed E-state index contributed by atoms with van der Waals surface area (Å²) in [5.74, 6) is 2.14. The Labute approximate surface area is 564 Å². The van der Waals surface area contributed by atoms with E-state index in [0.717, 1.165) is 63.2 Å². The Hall–Kier alpha value is -11.0. The lowest BCUT2D eigenvalue weighted by molar-refractivity contribution is 0.424. The summed E-state index contributed by atoms with van der Waals surface area (Å²) in [4.78, 5) is 63.8. The molecule has 9 aromatic heterocycles. The van der Waals surface area contributed by atoms with E-state index < -0.39 is 0 Å². The van der Waals surface area contributed by atoms with Gasteiger partial charge < -0.3 is 43.3 Å². The second kappa shape index (κ2) is 29.6. The zero-order chi connectivity index (χ0) is 68.5. The average Bonchev–Trinajstić information content (AvgIpc) is 1.42. The SMILES string of the molecule is CNCc1cccc(-c2nnc(-c3nc(-c4ccc(=O)n(C(C)C)c4)cnc3C)o2)c1.Cc1ncc(-c2ccc(=O)n(C(C)C)c2)nc1-c1nnc(-c2ccc(C(C)N)cc2)o1.Cc1ncc(-c2ccc(=O)n(C(C)C)c2)nc1-c1nnc(-c2cccc(CNC(C)(C)C)c2)o1.[HH].[HH].[HH].[HH].[HH].[HH]. The van der Waals surface area contributed by atoms with Gasteiger partial charge in [0.25, 0.3) is 34.3 Å². The molecule has 96 heavy (non-hydrogen) atoms. The van der Waals surface area contributed by atoms with Crippen molar-refractivity contribution in [3.05, 3.63) is 211 Å². The van der Waals surface area contributed by atoms with Crippen LogP contribution >= 0.6 is 0 Å². The van der Waals surface area contributed by atoms with E-state index in [0.29, 0.717) is 80.7 Å². The lowest BCUT2D eigenvalue weighted by Gasteiger charge is -2.20. The van der Waals surface area contributed by atoms with E-state index in [1.807, 2.05) is 143 Å². The number of aromatic nitrogens is 15. The summed E-state index contributed by atoms with van der Waals surface area (Å²) >= 11 is 0. The van der Waals surface area contributed by atoms with E-state index in [1.54, 1.807) is 81.2 Å². The van der Waals surface area contributed by atoms with Crippen molar-refractivity contribution in [1.82, 2.24) is 84.8 Å². The van der Waals surface area contributed by atoms with E-state index >= 15 is 0 Å². The molecule has 9 heterocycles. The van der Waals surface area contributed by atoms with Crippen molar-refractivity contribution in [1.29, 1.82) is 0 Å². The quantitative estimate of drug-likeness (QED) is 0.0762. The number of aryl methyl sites for hydroxylation is 3. The first-order chi connectivity index (χ1) is 45.9. The number of rotatable bonds is 17. The van der Waals surface area contributed by atoms with Crippen LogP contribution in [0.3, 0.4) is 0 Å². The number of pyridine rings is 3. The Morgan fingerprint density at radius 2 is 0.781 bits per heavy atom. The monoisotopic (exact) mass is 1300 g/mol. The van der Waals surface area contributed by atoms with Crippen LogP contribution in [0.1, 0.15) is 136 Å². The summed E-state index contributed by atoms with van der Waals surface area (Å²) in [6, 6.07) is 33.6. The van der Waals surface area contributed by atoms with Crippen LogP contribution in [0.15, 0.2) is 174 Å². The first kappa shape index (κ1) is 67.9. The van der Waals surface area contributed by atoms with Crippen LogP contribution in [0, 0.1) is 20.8 Å². The summed E-state index contributed by atoms with van der Waals surface area (Å²) in [7, 11) is 1.90. The summed E-state index contributed by atoms with van der Waals surface area (Å²) in [5, 5.41) is 31.9. The Morgan fingerprint density at radius 1 is 0.448 bits per heavy atom. The van der Waals surface area contributed by atoms with Gasteiger partial charge in [-0.25, -0.2) is 15.0 Å². The average molecular weight is 1300 g/mol. The van der Waals surface area contributed by atoms with Gasteiger partial charge in [0.05, 0.1) is 52.8 Å². The molecule has 0 saturated carbocycles. The van der Waals surface area contributed by atoms with E-state index in [1.165, 1.54) is 6.07 Å². The van der Waals surface area contributed by atoms with Crippen molar-refractivity contribution < 1.29 is 21.8 Å². The molecule has 24 heteroatoms. The molecular formula is C72H90N18O6. The second-order valence-electron chi connectivity index (χ2n) is 25.0. The van der Waals surface area contributed by atoms with E-state index in [4.69, 9.17) is 33.9 Å². The number of nitrogens with one attached hydrogen (secondary N) is 2. The van der Waals surface area contributed by atoms with Crippen molar-refractivity contribution in [2.75, 3.05) is 7.05 Å². The van der Waals surface area contributed by atoms with Gasteiger partial charge in [-0.3, -0.25) is 29.3 Å². The second-order valence-corrected chi connectivity index (χ2v) is 25.0. The predicted molar refractivity (Wildman–Crippen MR) is 381 cm³/mol. The summed E-state index contributed by atoms with van der Waals surface area (Å²) < 4.78 is 22.8. The molecule has 0 fully saturated rings. The molecule has 0 aliphatic rings. The fourth-order valence-electron chi connectivity index (χ4n) is 9.99. The molecule has 3 aromatic carbocycles. The summed E-state index contributed by atoms with van der Waals surface area (Å²) in [5.41, 5.74) is 19.4. The molecule has 0 radical (unpaired) electrons. The first-order valence-electron chi connectivity index (χ1n) is 31.5. The fraction of sp³-hybridized carbons (Fsp3) is 0.292. The van der Waals surface area contributed by atoms with Crippen molar-refractivity contribution in [3.8, 4) is 103 Å². The highest BCUT2D eigenvalue weighted by Crippen LogP contribution is 2.31. The molecule has 0 aliphatic carbocycles. The van der Waals surface area contributed by atoms with Gasteiger partial charge in [0.1, 0.15) is 17.1 Å². The third kappa shape index (κ3) is 16.3. The smallest absolute Gasteiger partial charge is 0.268 e. The highest BCUT2D eigenvalue weighted by molar-refractivity contribution is 5.66. The molecule has 0 saturated heterocycles. The van der Waals surface area contributed by atoms with E-state index in [2.05, 4.69) is 83.0 Å². The van der Waals surface area contributed by atoms with E-state index in [9.17, 15) is 14.4 Å². The third-order valence-electron chi connectivity index (χ3n) is 15.4. The Morgan fingerprint density at radius 3 is 1.11 bits per heavy atom. The van der Waals surface area contributed by atoms with Crippen molar-refractivity contribution in [3.63, 3.8) is 0 Å². The van der Waals surface area contributed by atoms with Crippen molar-refractivity contribution >= 4 is 0 Å². The number of nitrogens with two attached hydrogens (primary N) is 1. The largest absolute Gasteiger partial charge is 0.415 e. The van der Waals surface area contributed by atoms with Gasteiger partial charge in [-0.1, -0.05) is 36.4 Å². The lowest BCUT2D eigenvalue weighted by atomic mass is 10.1. The van der Waals surface area contributed by atoms with Gasteiger partial charge in [-0.05, 0) is 168 Å². The van der Waals surface area contributed by atoms with Gasteiger partial charge in [-0.15, -0.1) is 30.6 Å². The van der Waals surface area contributed by atoms with Gasteiger partial charge in [0.2, 0.25) is 17.7 Å². The van der Waals surface area contributed by atoms with Crippen molar-refractivity contribution in [2.24, 2.45) is 5.73 Å². The Balaban J connectivity index is 0.000000315. The van der Waals surface area contributed by atoms with Crippen molar-refractivity contribution in [2.45, 2.75) is 133 Å². The molecule has 0 aliphatic heterocycles. The van der Waals surface area contributed by atoms with Crippen LogP contribution in [-0.4, -0.2) is 86.8 Å². The molecule has 1 atom stereocenters. The topological polar surface area (TPSA) is 310 Å². The van der Waals surface area contributed by atoms with Gasteiger partial charge >= 0.3 is 0 Å². The fourth-order valence-corrected chi connectivity index (χ4v) is 9.99. The van der Waals surface area contributed by atoms with Gasteiger partial charge in [0, 0.05) is 122 Å². The number of hydrogen-bond acceptors (Lipinski definition) is 21. The maximum absolute atomic E-state index is 12.1. The van der Waals surface area contributed by atoms with E-state index in [-0.39, 0.29) is 60.8 Å². The van der Waals surface area contributed by atoms with Crippen LogP contribution < -0.4 is 33.0 Å². The van der Waals surface area contributed by atoms with Crippen LogP contribution in [0.4, 0.5) is 0 Å². The van der Waals surface area contributed by atoms with Crippen LogP contribution in [0.25, 0.3) is 103 Å². The molecule has 12 rings (SSSR count). The maximum Gasteiger partial charge on any atom is 0.268 e. The molecule has 24 nitrogen and oxygen atoms in total. The summed E-state index contributed by atoms with van der Waals surface area (Å²) in [6.07, 6.45) is 10.4. The highest BCUT2D eigenvalue weighted by atomic mass is 16.4. The normalized spacial score (nSPS) is 11.8. The number of nitrogens with zero attached hydrogens (tertiary/aromatic N) is 15. The molecule has 1 unspecified atom stereocenters. The minimum absolute atomic E-state index is 0. The van der Waals surface area contributed by atoms with Gasteiger partial charge in [0.15, 0.2) is 0 Å². The standard InChI is InChI=1S/C26H30N6O2.2C23H24N6O2.6H2/c1-16(2)32-15-20(10-11-22(32)33)21-14-27-17(3)23(29-21)25-31-30-24(34-25)19-9-7-8-18(12-19)13-28-26(4,5)6;1-13(2)29-12-18(9-10-20(29)30)19-11-25-15(4)21(26-19)23-28-27-22(31-23)17-7-5-16(6-8-17)14(3)24;1-14(2)29-13-18(8-9-20(29)30)19-12-25-15(3)21(26-19)23-28-27-22(31-23)17-7-5-6-16(10-17)11-24-4;;;;;;/h7-12,14-16,28H,13H2,1-6H3;5-14H,24H2,1-4H3;5-10,12-14,24H,11H2,1-4H3;6*1H. The zero-order valence-corrected chi connectivity index (χ0v) is 56.3.